The average Bonchev–Trinajstić information content (AvgIpc) is 2.98. The van der Waals surface area contributed by atoms with Crippen LogP contribution in [-0.4, -0.2) is 38.7 Å². The van der Waals surface area contributed by atoms with Crippen LogP contribution in [0.3, 0.4) is 0 Å². The van der Waals surface area contributed by atoms with Gasteiger partial charge in [-0.05, 0) is 11.3 Å². The Morgan fingerprint density at radius 2 is 2.32 bits per heavy atom. The van der Waals surface area contributed by atoms with Crippen molar-refractivity contribution in [2.24, 2.45) is 5.92 Å². The Balaban J connectivity index is 1.37. The predicted octanol–water partition coefficient (Wildman–Crippen LogP) is 1.15. The van der Waals surface area contributed by atoms with Crippen LogP contribution in [0.2, 0.25) is 0 Å². The molecule has 0 spiro atoms. The summed E-state index contributed by atoms with van der Waals surface area (Å²) >= 11 is 1.88. The van der Waals surface area contributed by atoms with Gasteiger partial charge in [0, 0.05) is 49.4 Å². The van der Waals surface area contributed by atoms with Crippen LogP contribution < -0.4 is 5.56 Å². The molecule has 0 radical (unpaired) electrons. The Bertz CT molecular complexity index is 707. The van der Waals surface area contributed by atoms with Gasteiger partial charge < -0.3 is 4.52 Å². The molecule has 0 aliphatic carbocycles. The van der Waals surface area contributed by atoms with E-state index in [0.717, 1.165) is 60.9 Å². The topological polar surface area (TPSA) is 64.2 Å². The van der Waals surface area contributed by atoms with Crippen molar-refractivity contribution in [1.82, 2.24) is 19.8 Å². The van der Waals surface area contributed by atoms with Crippen molar-refractivity contribution in [3.8, 4) is 0 Å². The summed E-state index contributed by atoms with van der Waals surface area (Å²) in [6, 6.07) is 1.78. The lowest BCUT2D eigenvalue weighted by atomic mass is 9.99. The summed E-state index contributed by atoms with van der Waals surface area (Å²) in [4.78, 5) is 14.5. The van der Waals surface area contributed by atoms with Gasteiger partial charge in [0.05, 0.1) is 18.4 Å². The van der Waals surface area contributed by atoms with Crippen LogP contribution in [0.15, 0.2) is 27.8 Å². The second-order valence-corrected chi connectivity index (χ2v) is 7.14. The second kappa shape index (κ2) is 5.89. The summed E-state index contributed by atoms with van der Waals surface area (Å²) in [6.45, 7) is 3.57. The molecule has 116 valence electrons. The first-order valence-corrected chi connectivity index (χ1v) is 8.71. The minimum atomic E-state index is 0.0405. The molecule has 2 aliphatic rings. The monoisotopic (exact) mass is 318 g/mol. The zero-order chi connectivity index (χ0) is 14.9. The van der Waals surface area contributed by atoms with E-state index in [4.69, 9.17) is 4.52 Å². The second-order valence-electron chi connectivity index (χ2n) is 6.03. The molecule has 0 N–H and O–H groups in total. The SMILES string of the molecule is O=c1cc2c(nn1CC1CN(Cc3cnoc3)C1)CCSC2. The van der Waals surface area contributed by atoms with Gasteiger partial charge in [0.25, 0.3) is 5.56 Å². The molecule has 7 heteroatoms. The first-order chi connectivity index (χ1) is 10.8. The number of aryl methyl sites for hydroxylation is 1. The molecular formula is C15H18N4O2S. The van der Waals surface area contributed by atoms with Gasteiger partial charge in [0.1, 0.15) is 6.26 Å². The summed E-state index contributed by atoms with van der Waals surface area (Å²) in [5, 5.41) is 8.30. The van der Waals surface area contributed by atoms with Gasteiger partial charge in [0.15, 0.2) is 0 Å². The van der Waals surface area contributed by atoms with Crippen LogP contribution in [0.5, 0.6) is 0 Å². The molecule has 0 atom stereocenters. The maximum absolute atomic E-state index is 12.2. The highest BCUT2D eigenvalue weighted by Crippen LogP contribution is 2.22. The van der Waals surface area contributed by atoms with Gasteiger partial charge in [-0.25, -0.2) is 4.68 Å². The van der Waals surface area contributed by atoms with Crippen molar-refractivity contribution in [3.63, 3.8) is 0 Å². The zero-order valence-corrected chi connectivity index (χ0v) is 13.1. The minimum absolute atomic E-state index is 0.0405. The van der Waals surface area contributed by atoms with E-state index in [1.165, 1.54) is 0 Å². The summed E-state index contributed by atoms with van der Waals surface area (Å²) in [5.41, 5.74) is 3.37. The molecule has 1 fully saturated rings. The number of thioether (sulfide) groups is 1. The van der Waals surface area contributed by atoms with Gasteiger partial charge in [-0.15, -0.1) is 0 Å². The molecule has 4 rings (SSSR count). The highest BCUT2D eigenvalue weighted by atomic mass is 32.2. The Morgan fingerprint density at radius 1 is 1.41 bits per heavy atom. The van der Waals surface area contributed by atoms with Crippen molar-refractivity contribution < 1.29 is 4.52 Å². The van der Waals surface area contributed by atoms with Crippen LogP contribution >= 0.6 is 11.8 Å². The Morgan fingerprint density at radius 3 is 3.14 bits per heavy atom. The van der Waals surface area contributed by atoms with E-state index in [1.54, 1.807) is 23.2 Å². The van der Waals surface area contributed by atoms with Gasteiger partial charge in [-0.2, -0.15) is 16.9 Å². The molecule has 0 bridgehead atoms. The normalized spacial score (nSPS) is 18.9. The molecule has 4 heterocycles. The fourth-order valence-corrected chi connectivity index (χ4v) is 4.06. The van der Waals surface area contributed by atoms with Crippen molar-refractivity contribution in [2.75, 3.05) is 18.8 Å². The van der Waals surface area contributed by atoms with Crippen LogP contribution in [-0.2, 0) is 25.3 Å². The maximum Gasteiger partial charge on any atom is 0.267 e. The fourth-order valence-electron chi connectivity index (χ4n) is 3.11. The summed E-state index contributed by atoms with van der Waals surface area (Å²) in [6.07, 6.45) is 4.41. The number of likely N-dealkylation sites (tertiary alicyclic amines) is 1. The van der Waals surface area contributed by atoms with Crippen LogP contribution in [0.1, 0.15) is 16.8 Å². The average molecular weight is 318 g/mol. The predicted molar refractivity (Wildman–Crippen MR) is 83.6 cm³/mol. The van der Waals surface area contributed by atoms with Crippen molar-refractivity contribution in [3.05, 3.63) is 45.7 Å². The first kappa shape index (κ1) is 14.0. The lowest BCUT2D eigenvalue weighted by molar-refractivity contribution is 0.0763. The van der Waals surface area contributed by atoms with Gasteiger partial charge in [-0.3, -0.25) is 9.69 Å². The molecule has 2 aromatic rings. The van der Waals surface area contributed by atoms with E-state index in [2.05, 4.69) is 15.2 Å². The molecule has 6 nitrogen and oxygen atoms in total. The number of aromatic nitrogens is 3. The van der Waals surface area contributed by atoms with Gasteiger partial charge in [0.2, 0.25) is 0 Å². The van der Waals surface area contributed by atoms with Crippen LogP contribution in [0, 0.1) is 5.92 Å². The molecule has 0 saturated carbocycles. The maximum atomic E-state index is 12.2. The summed E-state index contributed by atoms with van der Waals surface area (Å²) < 4.78 is 6.50. The van der Waals surface area contributed by atoms with Crippen LogP contribution in [0.4, 0.5) is 0 Å². The van der Waals surface area contributed by atoms with E-state index in [0.29, 0.717) is 5.92 Å². The minimum Gasteiger partial charge on any atom is -0.364 e. The van der Waals surface area contributed by atoms with E-state index in [9.17, 15) is 4.79 Å². The molecule has 2 aliphatic heterocycles. The quantitative estimate of drug-likeness (QED) is 0.843. The third-order valence-electron chi connectivity index (χ3n) is 4.26. The Labute approximate surface area is 132 Å². The number of fused-ring (bicyclic) bond motifs is 1. The van der Waals surface area contributed by atoms with E-state index in [-0.39, 0.29) is 5.56 Å². The van der Waals surface area contributed by atoms with Gasteiger partial charge >= 0.3 is 0 Å². The third kappa shape index (κ3) is 2.83. The zero-order valence-electron chi connectivity index (χ0n) is 12.3. The molecule has 2 aromatic heterocycles. The number of nitrogens with zero attached hydrogens (tertiary/aromatic N) is 4. The molecule has 1 saturated heterocycles. The lowest BCUT2D eigenvalue weighted by Crippen LogP contribution is -2.49. The fraction of sp³-hybridized carbons (Fsp3) is 0.533. The van der Waals surface area contributed by atoms with Crippen molar-refractivity contribution in [1.29, 1.82) is 0 Å². The molecule has 22 heavy (non-hydrogen) atoms. The standard InChI is InChI=1S/C15H18N4O2S/c20-15-3-13-10-22-2-1-14(13)17-19(15)8-12-6-18(7-12)5-11-4-16-21-9-11/h3-4,9,12H,1-2,5-8,10H2. The highest BCUT2D eigenvalue weighted by molar-refractivity contribution is 7.98. The summed E-state index contributed by atoms with van der Waals surface area (Å²) in [5.74, 6) is 2.53. The first-order valence-electron chi connectivity index (χ1n) is 7.56. The van der Waals surface area contributed by atoms with Gasteiger partial charge in [-0.1, -0.05) is 5.16 Å². The molecule has 0 unspecified atom stereocenters. The third-order valence-corrected chi connectivity index (χ3v) is 5.27. The molecule has 0 amide bonds. The Kier molecular flexibility index (Phi) is 3.75. The van der Waals surface area contributed by atoms with Crippen LogP contribution in [0.25, 0.3) is 0 Å². The summed E-state index contributed by atoms with van der Waals surface area (Å²) in [7, 11) is 0. The molecule has 0 aromatic carbocycles. The largest absolute Gasteiger partial charge is 0.364 e. The van der Waals surface area contributed by atoms with E-state index >= 15 is 0 Å². The number of hydrogen-bond acceptors (Lipinski definition) is 6. The molecular weight excluding hydrogens is 300 g/mol. The van der Waals surface area contributed by atoms with E-state index < -0.39 is 0 Å². The van der Waals surface area contributed by atoms with Crippen molar-refractivity contribution >= 4 is 11.8 Å². The number of rotatable bonds is 4. The lowest BCUT2D eigenvalue weighted by Gasteiger charge is -2.39. The Hall–Kier alpha value is -1.60. The van der Waals surface area contributed by atoms with E-state index in [1.807, 2.05) is 11.8 Å². The smallest absolute Gasteiger partial charge is 0.267 e. The van der Waals surface area contributed by atoms with Crippen molar-refractivity contribution in [2.45, 2.75) is 25.3 Å². The number of hydrogen-bond donors (Lipinski definition) is 0. The highest BCUT2D eigenvalue weighted by Gasteiger charge is 2.28.